The molecule has 1 amide bonds. The molecular formula is C20H12F3N5OS. The number of amides is 1. The van der Waals surface area contributed by atoms with Crippen LogP contribution in [0.4, 0.5) is 18.0 Å². The Morgan fingerprint density at radius 2 is 2.07 bits per heavy atom. The van der Waals surface area contributed by atoms with Crippen LogP contribution >= 0.6 is 11.8 Å². The van der Waals surface area contributed by atoms with Gasteiger partial charge in [0, 0.05) is 12.4 Å². The Labute approximate surface area is 172 Å². The SMILES string of the molecule is CN=C1NC(=O)S/C1=C\c1ccc2c(cnn2-c2ccc(C#N)c(C(F)(F)F)c2)c1. The molecule has 30 heavy (non-hydrogen) atoms. The minimum absolute atomic E-state index is 0.198. The van der Waals surface area contributed by atoms with Gasteiger partial charge in [0.2, 0.25) is 0 Å². The number of halogens is 3. The molecule has 150 valence electrons. The third-order valence-corrected chi connectivity index (χ3v) is 5.26. The number of alkyl halides is 3. The average Bonchev–Trinajstić information content (AvgIpc) is 3.29. The van der Waals surface area contributed by atoms with Gasteiger partial charge in [-0.05, 0) is 53.7 Å². The largest absolute Gasteiger partial charge is 0.417 e. The van der Waals surface area contributed by atoms with E-state index in [0.717, 1.165) is 29.5 Å². The highest BCUT2D eigenvalue weighted by Crippen LogP contribution is 2.34. The van der Waals surface area contributed by atoms with Crippen molar-refractivity contribution in [3.8, 4) is 11.8 Å². The van der Waals surface area contributed by atoms with Crippen LogP contribution in [0, 0.1) is 11.3 Å². The van der Waals surface area contributed by atoms with Gasteiger partial charge < -0.3 is 5.32 Å². The summed E-state index contributed by atoms with van der Waals surface area (Å²) in [6.07, 6.45) is -1.31. The van der Waals surface area contributed by atoms with E-state index in [1.807, 2.05) is 6.07 Å². The van der Waals surface area contributed by atoms with Gasteiger partial charge >= 0.3 is 6.18 Å². The normalized spacial score (nSPS) is 17.0. The lowest BCUT2D eigenvalue weighted by atomic mass is 10.1. The average molecular weight is 427 g/mol. The maximum Gasteiger partial charge on any atom is 0.417 e. The van der Waals surface area contributed by atoms with E-state index in [9.17, 15) is 18.0 Å². The topological polar surface area (TPSA) is 83.1 Å². The second-order valence-electron chi connectivity index (χ2n) is 6.31. The van der Waals surface area contributed by atoms with Gasteiger partial charge in [-0.1, -0.05) is 6.07 Å². The van der Waals surface area contributed by atoms with Gasteiger partial charge in [-0.3, -0.25) is 9.79 Å². The van der Waals surface area contributed by atoms with Crippen molar-refractivity contribution in [2.75, 3.05) is 7.05 Å². The number of rotatable bonds is 2. The molecule has 2 heterocycles. The van der Waals surface area contributed by atoms with Crippen LogP contribution in [0.5, 0.6) is 0 Å². The molecular weight excluding hydrogens is 415 g/mol. The first kappa shape index (κ1) is 19.7. The van der Waals surface area contributed by atoms with E-state index in [1.54, 1.807) is 37.5 Å². The summed E-state index contributed by atoms with van der Waals surface area (Å²) in [4.78, 5) is 16.3. The maximum atomic E-state index is 13.3. The quantitative estimate of drug-likeness (QED) is 0.640. The Bertz CT molecular complexity index is 1280. The number of fused-ring (bicyclic) bond motifs is 1. The molecule has 0 bridgehead atoms. The molecule has 0 aliphatic carbocycles. The molecule has 0 atom stereocenters. The van der Waals surface area contributed by atoms with Crippen LogP contribution < -0.4 is 5.32 Å². The summed E-state index contributed by atoms with van der Waals surface area (Å²) in [6.45, 7) is 0. The van der Waals surface area contributed by atoms with E-state index >= 15 is 0 Å². The van der Waals surface area contributed by atoms with Gasteiger partial charge in [0.25, 0.3) is 5.24 Å². The molecule has 10 heteroatoms. The number of hydrogen-bond acceptors (Lipinski definition) is 5. The molecule has 1 saturated heterocycles. The number of amidine groups is 1. The van der Waals surface area contributed by atoms with E-state index in [2.05, 4.69) is 15.4 Å². The second kappa shape index (κ2) is 7.35. The molecule has 4 rings (SSSR count). The number of carbonyl (C=O) groups excluding carboxylic acids is 1. The predicted octanol–water partition coefficient (Wildman–Crippen LogP) is 4.74. The van der Waals surface area contributed by atoms with Crippen LogP contribution in [-0.2, 0) is 6.18 Å². The molecule has 6 nitrogen and oxygen atoms in total. The predicted molar refractivity (Wildman–Crippen MR) is 108 cm³/mol. The van der Waals surface area contributed by atoms with Crippen molar-refractivity contribution in [2.24, 2.45) is 4.99 Å². The maximum absolute atomic E-state index is 13.3. The number of hydrogen-bond donors (Lipinski definition) is 1. The second-order valence-corrected chi connectivity index (χ2v) is 7.32. The molecule has 1 aliphatic rings. The first-order valence-corrected chi connectivity index (χ1v) is 9.39. The zero-order valence-electron chi connectivity index (χ0n) is 15.4. The van der Waals surface area contributed by atoms with E-state index in [0.29, 0.717) is 21.6 Å². The highest BCUT2D eigenvalue weighted by atomic mass is 32.2. The molecule has 1 aliphatic heterocycles. The Morgan fingerprint density at radius 1 is 1.27 bits per heavy atom. The van der Waals surface area contributed by atoms with Gasteiger partial charge in [-0.2, -0.15) is 23.5 Å². The molecule has 0 saturated carbocycles. The monoisotopic (exact) mass is 427 g/mol. The summed E-state index contributed by atoms with van der Waals surface area (Å²) in [6, 6.07) is 10.4. The number of benzene rings is 2. The van der Waals surface area contributed by atoms with Gasteiger partial charge in [-0.15, -0.1) is 0 Å². The van der Waals surface area contributed by atoms with Crippen molar-refractivity contribution in [3.63, 3.8) is 0 Å². The minimum atomic E-state index is -4.65. The standard InChI is InChI=1S/C20H12F3N5OS/c1-25-18-17(30-19(29)27-18)7-11-2-5-16-13(6-11)10-26-28(16)14-4-3-12(9-24)15(8-14)20(21,22)23/h2-8,10H,1H3,(H,25,27,29)/b17-7-. The summed E-state index contributed by atoms with van der Waals surface area (Å²) in [5.41, 5.74) is 0.145. The lowest BCUT2D eigenvalue weighted by molar-refractivity contribution is -0.137. The van der Waals surface area contributed by atoms with Crippen LogP contribution in [0.2, 0.25) is 0 Å². The number of aromatic nitrogens is 2. The third-order valence-electron chi connectivity index (χ3n) is 4.44. The summed E-state index contributed by atoms with van der Waals surface area (Å²) >= 11 is 1.03. The number of nitrogens with zero attached hydrogens (tertiary/aromatic N) is 4. The van der Waals surface area contributed by atoms with Crippen molar-refractivity contribution < 1.29 is 18.0 Å². The van der Waals surface area contributed by atoms with E-state index in [4.69, 9.17) is 5.26 Å². The number of carbonyl (C=O) groups is 1. The number of aliphatic imine (C=N–C) groups is 1. The van der Waals surface area contributed by atoms with Crippen LogP contribution in [0.25, 0.3) is 22.7 Å². The Balaban J connectivity index is 1.76. The lowest BCUT2D eigenvalue weighted by Crippen LogP contribution is -2.18. The van der Waals surface area contributed by atoms with Crippen LogP contribution in [-0.4, -0.2) is 27.9 Å². The van der Waals surface area contributed by atoms with Crippen molar-refractivity contribution in [2.45, 2.75) is 6.18 Å². The fourth-order valence-electron chi connectivity index (χ4n) is 3.09. The van der Waals surface area contributed by atoms with Gasteiger partial charge in [0.15, 0.2) is 0 Å². The first-order chi connectivity index (χ1) is 14.3. The van der Waals surface area contributed by atoms with Gasteiger partial charge in [0.1, 0.15) is 5.84 Å². The number of thioether (sulfide) groups is 1. The van der Waals surface area contributed by atoms with Crippen molar-refractivity contribution in [1.82, 2.24) is 15.1 Å². The van der Waals surface area contributed by atoms with Crippen molar-refractivity contribution in [3.05, 3.63) is 64.2 Å². The minimum Gasteiger partial charge on any atom is -0.300 e. The zero-order chi connectivity index (χ0) is 21.5. The molecule has 1 N–H and O–H groups in total. The Hall–Kier alpha value is -3.58. The summed E-state index contributed by atoms with van der Waals surface area (Å²) in [5, 5.41) is 16.3. The number of nitrogens with one attached hydrogen (secondary N) is 1. The van der Waals surface area contributed by atoms with Gasteiger partial charge in [0.05, 0.1) is 39.5 Å². The Morgan fingerprint density at radius 3 is 2.77 bits per heavy atom. The van der Waals surface area contributed by atoms with Crippen LogP contribution in [0.1, 0.15) is 16.7 Å². The smallest absolute Gasteiger partial charge is 0.300 e. The molecule has 0 spiro atoms. The molecule has 3 aromatic rings. The molecule has 1 aromatic heterocycles. The zero-order valence-corrected chi connectivity index (χ0v) is 16.2. The van der Waals surface area contributed by atoms with E-state index in [1.165, 1.54) is 10.7 Å². The van der Waals surface area contributed by atoms with Crippen LogP contribution in [0.3, 0.4) is 0 Å². The van der Waals surface area contributed by atoms with Crippen molar-refractivity contribution >= 4 is 39.8 Å². The highest BCUT2D eigenvalue weighted by Gasteiger charge is 2.34. The third kappa shape index (κ3) is 3.55. The molecule has 0 radical (unpaired) electrons. The van der Waals surface area contributed by atoms with E-state index in [-0.39, 0.29) is 10.9 Å². The fraction of sp³-hybridized carbons (Fsp3) is 0.100. The summed E-state index contributed by atoms with van der Waals surface area (Å²) in [7, 11) is 1.58. The molecule has 0 unspecified atom stereocenters. The van der Waals surface area contributed by atoms with Gasteiger partial charge in [-0.25, -0.2) is 4.68 Å². The molecule has 2 aromatic carbocycles. The van der Waals surface area contributed by atoms with Crippen molar-refractivity contribution in [1.29, 1.82) is 5.26 Å². The number of nitriles is 1. The fourth-order valence-corrected chi connectivity index (χ4v) is 3.87. The lowest BCUT2D eigenvalue weighted by Gasteiger charge is -2.11. The Kier molecular flexibility index (Phi) is 4.83. The first-order valence-electron chi connectivity index (χ1n) is 8.57. The summed E-state index contributed by atoms with van der Waals surface area (Å²) < 4.78 is 41.2. The van der Waals surface area contributed by atoms with E-state index < -0.39 is 17.3 Å². The summed E-state index contributed by atoms with van der Waals surface area (Å²) in [5.74, 6) is 0.484. The molecule has 1 fully saturated rings. The highest BCUT2D eigenvalue weighted by molar-refractivity contribution is 8.18. The van der Waals surface area contributed by atoms with Crippen LogP contribution in [0.15, 0.2) is 52.5 Å².